The SMILES string of the molecule is c1ccc2cc(-c3c4ccccc4c(-c4ccc5cc(-c6ccc7oc8ccccc8c7c6)ccc5c4)c4ccccc34)ccc2c1. The number of rotatable bonds is 3. The Hall–Kier alpha value is -6.18. The first-order chi connectivity index (χ1) is 23.3. The van der Waals surface area contributed by atoms with Gasteiger partial charge >= 0.3 is 0 Å². The van der Waals surface area contributed by atoms with E-state index in [1.54, 1.807) is 0 Å². The average Bonchev–Trinajstić information content (AvgIpc) is 3.51. The Morgan fingerprint density at radius 3 is 1.30 bits per heavy atom. The van der Waals surface area contributed by atoms with E-state index in [9.17, 15) is 0 Å². The summed E-state index contributed by atoms with van der Waals surface area (Å²) in [6, 6.07) is 61.8. The molecule has 1 heteroatoms. The highest BCUT2D eigenvalue weighted by Crippen LogP contribution is 2.44. The van der Waals surface area contributed by atoms with Crippen molar-refractivity contribution in [1.82, 2.24) is 0 Å². The molecule has 1 aromatic heterocycles. The third-order valence-corrected chi connectivity index (χ3v) is 9.81. The summed E-state index contributed by atoms with van der Waals surface area (Å²) in [4.78, 5) is 0. The van der Waals surface area contributed by atoms with Gasteiger partial charge in [0.05, 0.1) is 0 Å². The van der Waals surface area contributed by atoms with Crippen LogP contribution in [0.1, 0.15) is 0 Å². The quantitative estimate of drug-likeness (QED) is 0.185. The van der Waals surface area contributed by atoms with Crippen molar-refractivity contribution >= 4 is 65.0 Å². The van der Waals surface area contributed by atoms with Gasteiger partial charge < -0.3 is 4.42 Å². The maximum Gasteiger partial charge on any atom is 0.135 e. The zero-order valence-corrected chi connectivity index (χ0v) is 25.6. The molecule has 0 atom stereocenters. The third kappa shape index (κ3) is 4.10. The second kappa shape index (κ2) is 10.2. The first kappa shape index (κ1) is 26.1. The summed E-state index contributed by atoms with van der Waals surface area (Å²) in [5.74, 6) is 0. The van der Waals surface area contributed by atoms with Gasteiger partial charge in [-0.3, -0.25) is 0 Å². The molecule has 1 heterocycles. The fourth-order valence-electron chi connectivity index (χ4n) is 7.58. The van der Waals surface area contributed by atoms with Crippen molar-refractivity contribution in [3.05, 3.63) is 170 Å². The molecule has 0 fully saturated rings. The Morgan fingerprint density at radius 1 is 0.255 bits per heavy atom. The highest BCUT2D eigenvalue weighted by molar-refractivity contribution is 6.22. The molecule has 0 aliphatic rings. The normalized spacial score (nSPS) is 11.8. The number of furan rings is 1. The van der Waals surface area contributed by atoms with Gasteiger partial charge in [-0.1, -0.05) is 133 Å². The molecule has 0 saturated heterocycles. The van der Waals surface area contributed by atoms with E-state index in [-0.39, 0.29) is 0 Å². The molecule has 0 radical (unpaired) electrons. The van der Waals surface area contributed by atoms with Crippen LogP contribution in [0.25, 0.3) is 98.4 Å². The Kier molecular flexibility index (Phi) is 5.64. The maximum atomic E-state index is 6.08. The van der Waals surface area contributed by atoms with Crippen LogP contribution in [-0.4, -0.2) is 0 Å². The molecule has 0 aliphatic heterocycles. The summed E-state index contributed by atoms with van der Waals surface area (Å²) >= 11 is 0. The first-order valence-corrected chi connectivity index (χ1v) is 16.2. The molecule has 47 heavy (non-hydrogen) atoms. The summed E-state index contributed by atoms with van der Waals surface area (Å²) < 4.78 is 6.08. The molecule has 0 saturated carbocycles. The summed E-state index contributed by atoms with van der Waals surface area (Å²) in [5, 5.41) is 12.4. The molecule has 9 aromatic carbocycles. The van der Waals surface area contributed by atoms with E-state index in [0.717, 1.165) is 21.9 Å². The molecular formula is C46H28O. The summed E-state index contributed by atoms with van der Waals surface area (Å²) in [6.07, 6.45) is 0. The standard InChI is InChI=1S/C46H28O/c1-2-10-30-26-35(21-17-29(30)9-1)45-38-12-3-5-14-40(38)46(41-15-6-4-13-39(41)45)36-22-20-31-25-32(18-19-33(31)27-36)34-23-24-44-42(28-34)37-11-7-8-16-43(37)47-44/h1-28H. The van der Waals surface area contributed by atoms with Crippen LogP contribution in [0.4, 0.5) is 0 Å². The molecule has 0 aliphatic carbocycles. The van der Waals surface area contributed by atoms with Gasteiger partial charge in [0, 0.05) is 10.8 Å². The number of para-hydroxylation sites is 1. The van der Waals surface area contributed by atoms with E-state index in [0.29, 0.717) is 0 Å². The van der Waals surface area contributed by atoms with Crippen molar-refractivity contribution in [2.75, 3.05) is 0 Å². The minimum atomic E-state index is 0.923. The Balaban J connectivity index is 1.14. The molecule has 10 aromatic rings. The topological polar surface area (TPSA) is 13.1 Å². The molecule has 0 amide bonds. The lowest BCUT2D eigenvalue weighted by molar-refractivity contribution is 0.669. The van der Waals surface area contributed by atoms with Gasteiger partial charge in [0.2, 0.25) is 0 Å². The maximum absolute atomic E-state index is 6.08. The van der Waals surface area contributed by atoms with Crippen LogP contribution in [0, 0.1) is 0 Å². The summed E-state index contributed by atoms with van der Waals surface area (Å²) in [7, 11) is 0. The second-order valence-electron chi connectivity index (χ2n) is 12.5. The summed E-state index contributed by atoms with van der Waals surface area (Å²) in [6.45, 7) is 0. The van der Waals surface area contributed by atoms with Gasteiger partial charge in [-0.25, -0.2) is 0 Å². The van der Waals surface area contributed by atoms with Crippen LogP contribution in [0.5, 0.6) is 0 Å². The Labute approximate surface area is 271 Å². The van der Waals surface area contributed by atoms with E-state index in [1.165, 1.54) is 76.5 Å². The smallest absolute Gasteiger partial charge is 0.135 e. The Bertz CT molecular complexity index is 2800. The third-order valence-electron chi connectivity index (χ3n) is 9.81. The van der Waals surface area contributed by atoms with Crippen molar-refractivity contribution in [3.8, 4) is 33.4 Å². The molecule has 0 bridgehead atoms. The molecule has 0 N–H and O–H groups in total. The van der Waals surface area contributed by atoms with E-state index in [2.05, 4.69) is 158 Å². The molecule has 0 spiro atoms. The van der Waals surface area contributed by atoms with Gasteiger partial charge in [-0.2, -0.15) is 0 Å². The predicted octanol–water partition coefficient (Wildman–Crippen LogP) is 13.2. The van der Waals surface area contributed by atoms with Crippen LogP contribution in [-0.2, 0) is 0 Å². The van der Waals surface area contributed by atoms with Crippen LogP contribution in [0.3, 0.4) is 0 Å². The molecule has 10 rings (SSSR count). The largest absolute Gasteiger partial charge is 0.456 e. The van der Waals surface area contributed by atoms with Crippen molar-refractivity contribution in [1.29, 1.82) is 0 Å². The van der Waals surface area contributed by atoms with E-state index < -0.39 is 0 Å². The van der Waals surface area contributed by atoms with Crippen molar-refractivity contribution in [2.24, 2.45) is 0 Å². The number of hydrogen-bond donors (Lipinski definition) is 0. The van der Waals surface area contributed by atoms with Crippen LogP contribution >= 0.6 is 0 Å². The second-order valence-corrected chi connectivity index (χ2v) is 12.5. The number of fused-ring (bicyclic) bond motifs is 7. The zero-order valence-electron chi connectivity index (χ0n) is 25.6. The fourth-order valence-corrected chi connectivity index (χ4v) is 7.58. The molecule has 1 nitrogen and oxygen atoms in total. The highest BCUT2D eigenvalue weighted by atomic mass is 16.3. The molecular weight excluding hydrogens is 569 g/mol. The first-order valence-electron chi connectivity index (χ1n) is 16.2. The van der Waals surface area contributed by atoms with Gasteiger partial charge in [0.25, 0.3) is 0 Å². The fraction of sp³-hybridized carbons (Fsp3) is 0. The van der Waals surface area contributed by atoms with E-state index >= 15 is 0 Å². The van der Waals surface area contributed by atoms with Crippen molar-refractivity contribution < 1.29 is 4.42 Å². The van der Waals surface area contributed by atoms with Crippen LogP contribution in [0.2, 0.25) is 0 Å². The average molecular weight is 597 g/mol. The molecule has 0 unspecified atom stereocenters. The Morgan fingerprint density at radius 2 is 0.660 bits per heavy atom. The lowest BCUT2D eigenvalue weighted by atomic mass is 9.85. The van der Waals surface area contributed by atoms with Gasteiger partial charge in [0.1, 0.15) is 11.2 Å². The lowest BCUT2D eigenvalue weighted by Gasteiger charge is -2.18. The van der Waals surface area contributed by atoms with Crippen molar-refractivity contribution in [3.63, 3.8) is 0 Å². The van der Waals surface area contributed by atoms with Crippen LogP contribution in [0.15, 0.2) is 174 Å². The number of hydrogen-bond acceptors (Lipinski definition) is 1. The lowest BCUT2D eigenvalue weighted by Crippen LogP contribution is -1.91. The predicted molar refractivity (Wildman–Crippen MR) is 200 cm³/mol. The van der Waals surface area contributed by atoms with Gasteiger partial charge in [0.15, 0.2) is 0 Å². The summed E-state index contributed by atoms with van der Waals surface area (Å²) in [5.41, 5.74) is 9.29. The van der Waals surface area contributed by atoms with Crippen LogP contribution < -0.4 is 0 Å². The van der Waals surface area contributed by atoms with Gasteiger partial charge in [-0.15, -0.1) is 0 Å². The van der Waals surface area contributed by atoms with E-state index in [4.69, 9.17) is 4.42 Å². The minimum absolute atomic E-state index is 0.923. The molecule has 218 valence electrons. The monoisotopic (exact) mass is 596 g/mol. The highest BCUT2D eigenvalue weighted by Gasteiger charge is 2.17. The van der Waals surface area contributed by atoms with E-state index in [1.807, 2.05) is 12.1 Å². The van der Waals surface area contributed by atoms with Gasteiger partial charge in [-0.05, 0) is 113 Å². The number of benzene rings is 9. The minimum Gasteiger partial charge on any atom is -0.456 e. The van der Waals surface area contributed by atoms with Crippen molar-refractivity contribution in [2.45, 2.75) is 0 Å². The zero-order chi connectivity index (χ0) is 30.9.